The zero-order chi connectivity index (χ0) is 15.5. The van der Waals surface area contributed by atoms with Crippen LogP contribution in [-0.4, -0.2) is 36.1 Å². The van der Waals surface area contributed by atoms with Crippen molar-refractivity contribution in [3.05, 3.63) is 17.7 Å². The number of aromatic nitrogens is 2. The van der Waals surface area contributed by atoms with Gasteiger partial charge in [-0.1, -0.05) is 13.8 Å². The number of carbonyl (C=O) groups is 1. The first-order chi connectivity index (χ1) is 9.97. The van der Waals surface area contributed by atoms with Crippen molar-refractivity contribution in [3.8, 4) is 0 Å². The van der Waals surface area contributed by atoms with E-state index < -0.39 is 0 Å². The summed E-state index contributed by atoms with van der Waals surface area (Å²) in [7, 11) is 1.70. The molecule has 21 heavy (non-hydrogen) atoms. The van der Waals surface area contributed by atoms with Gasteiger partial charge in [0.1, 0.15) is 5.82 Å². The van der Waals surface area contributed by atoms with Gasteiger partial charge in [-0.05, 0) is 24.7 Å². The lowest BCUT2D eigenvalue weighted by Gasteiger charge is -2.16. The smallest absolute Gasteiger partial charge is 0.272 e. The molecule has 2 rings (SSSR count). The minimum Gasteiger partial charge on any atom is -0.396 e. The van der Waals surface area contributed by atoms with Crippen LogP contribution in [0.1, 0.15) is 55.3 Å². The van der Waals surface area contributed by atoms with Crippen LogP contribution in [0.3, 0.4) is 0 Å². The third-order valence-corrected chi connectivity index (χ3v) is 3.98. The van der Waals surface area contributed by atoms with Gasteiger partial charge in [-0.3, -0.25) is 4.79 Å². The molecule has 0 radical (unpaired) electrons. The Bertz CT molecular complexity index is 512. The Labute approximate surface area is 125 Å². The van der Waals surface area contributed by atoms with Crippen molar-refractivity contribution in [1.82, 2.24) is 15.3 Å². The second-order valence-corrected chi connectivity index (χ2v) is 6.11. The first kappa shape index (κ1) is 15.7. The lowest BCUT2D eigenvalue weighted by atomic mass is 10.0. The van der Waals surface area contributed by atoms with Crippen LogP contribution >= 0.6 is 0 Å². The summed E-state index contributed by atoms with van der Waals surface area (Å²) in [5.74, 6) is 0.573. The Kier molecular flexibility index (Phi) is 4.77. The molecule has 0 unspecified atom stereocenters. The molecule has 1 fully saturated rings. The Morgan fingerprint density at radius 1 is 1.52 bits per heavy atom. The molecule has 0 bridgehead atoms. The highest BCUT2D eigenvalue weighted by Gasteiger charge is 2.42. The van der Waals surface area contributed by atoms with Gasteiger partial charge >= 0.3 is 0 Å². The predicted octanol–water partition coefficient (Wildman–Crippen LogP) is 1.73. The SMILES string of the molecule is COCCC1(CNC(=O)c2nc(C(C)C)ncc2N)CC1. The van der Waals surface area contributed by atoms with Crippen molar-refractivity contribution in [2.75, 3.05) is 26.0 Å². The van der Waals surface area contributed by atoms with Gasteiger partial charge in [-0.2, -0.15) is 0 Å². The van der Waals surface area contributed by atoms with Gasteiger partial charge in [-0.15, -0.1) is 0 Å². The Hall–Kier alpha value is -1.69. The van der Waals surface area contributed by atoms with Crippen molar-refractivity contribution in [2.24, 2.45) is 5.41 Å². The van der Waals surface area contributed by atoms with Crippen molar-refractivity contribution in [3.63, 3.8) is 0 Å². The van der Waals surface area contributed by atoms with Crippen molar-refractivity contribution < 1.29 is 9.53 Å². The molecule has 1 aromatic heterocycles. The molecule has 1 heterocycles. The fourth-order valence-electron chi connectivity index (χ4n) is 2.23. The van der Waals surface area contributed by atoms with E-state index >= 15 is 0 Å². The summed E-state index contributed by atoms with van der Waals surface area (Å²) in [6.07, 6.45) is 4.75. The minimum atomic E-state index is -0.222. The highest BCUT2D eigenvalue weighted by Crippen LogP contribution is 2.48. The molecule has 1 aliphatic rings. The first-order valence-corrected chi connectivity index (χ1v) is 7.37. The summed E-state index contributed by atoms with van der Waals surface area (Å²) in [6.45, 7) is 5.34. The lowest BCUT2D eigenvalue weighted by molar-refractivity contribution is 0.0933. The van der Waals surface area contributed by atoms with Gasteiger partial charge in [0.2, 0.25) is 0 Å². The standard InChI is InChI=1S/C15H24N4O2/c1-10(2)13-17-8-11(16)12(19-13)14(20)18-9-15(4-5-15)6-7-21-3/h8,10H,4-7,9,16H2,1-3H3,(H,18,20). The van der Waals surface area contributed by atoms with E-state index in [-0.39, 0.29) is 22.9 Å². The fourth-order valence-corrected chi connectivity index (χ4v) is 2.23. The van der Waals surface area contributed by atoms with E-state index in [1.807, 2.05) is 13.8 Å². The molecule has 0 aromatic carbocycles. The molecule has 1 aromatic rings. The molecule has 0 saturated heterocycles. The normalized spacial score (nSPS) is 16.0. The van der Waals surface area contributed by atoms with Crippen LogP contribution in [0, 0.1) is 5.41 Å². The van der Waals surface area contributed by atoms with Crippen molar-refractivity contribution in [2.45, 2.75) is 39.0 Å². The molecule has 0 atom stereocenters. The van der Waals surface area contributed by atoms with Crippen LogP contribution in [-0.2, 0) is 4.74 Å². The number of carbonyl (C=O) groups excluding carboxylic acids is 1. The maximum atomic E-state index is 12.3. The van der Waals surface area contributed by atoms with Gasteiger partial charge in [0.05, 0.1) is 11.9 Å². The van der Waals surface area contributed by atoms with Gasteiger partial charge in [-0.25, -0.2) is 9.97 Å². The highest BCUT2D eigenvalue weighted by molar-refractivity contribution is 5.96. The quantitative estimate of drug-likeness (QED) is 0.798. The van der Waals surface area contributed by atoms with E-state index in [1.165, 1.54) is 6.20 Å². The topological polar surface area (TPSA) is 90.1 Å². The maximum Gasteiger partial charge on any atom is 0.272 e. The van der Waals surface area contributed by atoms with Gasteiger partial charge in [0, 0.05) is 26.2 Å². The Balaban J connectivity index is 1.99. The highest BCUT2D eigenvalue weighted by atomic mass is 16.5. The molecule has 1 saturated carbocycles. The van der Waals surface area contributed by atoms with Crippen LogP contribution in [0.25, 0.3) is 0 Å². The molecule has 1 amide bonds. The molecule has 0 spiro atoms. The van der Waals surface area contributed by atoms with Crippen LogP contribution < -0.4 is 11.1 Å². The second-order valence-electron chi connectivity index (χ2n) is 6.11. The van der Waals surface area contributed by atoms with Gasteiger partial charge < -0.3 is 15.8 Å². The fraction of sp³-hybridized carbons (Fsp3) is 0.667. The van der Waals surface area contributed by atoms with E-state index in [9.17, 15) is 4.79 Å². The molecular weight excluding hydrogens is 268 g/mol. The molecule has 0 aliphatic heterocycles. The van der Waals surface area contributed by atoms with Crippen molar-refractivity contribution >= 4 is 11.6 Å². The number of anilines is 1. The van der Waals surface area contributed by atoms with E-state index in [1.54, 1.807) is 7.11 Å². The minimum absolute atomic E-state index is 0.161. The Morgan fingerprint density at radius 2 is 2.24 bits per heavy atom. The van der Waals surface area contributed by atoms with E-state index in [2.05, 4.69) is 15.3 Å². The molecule has 6 heteroatoms. The number of amides is 1. The van der Waals surface area contributed by atoms with E-state index in [0.717, 1.165) is 25.9 Å². The molecule has 1 aliphatic carbocycles. The number of methoxy groups -OCH3 is 1. The number of hydrogen-bond acceptors (Lipinski definition) is 5. The first-order valence-electron chi connectivity index (χ1n) is 7.37. The second kappa shape index (κ2) is 6.39. The van der Waals surface area contributed by atoms with Crippen LogP contribution in [0.2, 0.25) is 0 Å². The average molecular weight is 292 g/mol. The summed E-state index contributed by atoms with van der Waals surface area (Å²) in [4.78, 5) is 20.7. The summed E-state index contributed by atoms with van der Waals surface area (Å²) in [6, 6.07) is 0. The third-order valence-electron chi connectivity index (χ3n) is 3.98. The number of ether oxygens (including phenoxy) is 1. The van der Waals surface area contributed by atoms with Gasteiger partial charge in [0.25, 0.3) is 5.91 Å². The number of nitrogen functional groups attached to an aromatic ring is 1. The zero-order valence-corrected chi connectivity index (χ0v) is 13.0. The largest absolute Gasteiger partial charge is 0.396 e. The number of nitrogens with two attached hydrogens (primary N) is 1. The summed E-state index contributed by atoms with van der Waals surface area (Å²) in [5, 5.41) is 2.95. The van der Waals surface area contributed by atoms with Gasteiger partial charge in [0.15, 0.2) is 5.69 Å². The predicted molar refractivity (Wildman–Crippen MR) is 81.0 cm³/mol. The summed E-state index contributed by atoms with van der Waals surface area (Å²) in [5.41, 5.74) is 6.62. The van der Waals surface area contributed by atoms with E-state index in [4.69, 9.17) is 10.5 Å². The molecule has 116 valence electrons. The average Bonchev–Trinajstić information content (AvgIpc) is 3.23. The molecule has 3 N–H and O–H groups in total. The van der Waals surface area contributed by atoms with Crippen LogP contribution in [0.5, 0.6) is 0 Å². The summed E-state index contributed by atoms with van der Waals surface area (Å²) < 4.78 is 5.12. The number of rotatable bonds is 7. The number of hydrogen-bond donors (Lipinski definition) is 2. The third kappa shape index (κ3) is 3.91. The maximum absolute atomic E-state index is 12.3. The number of nitrogens with one attached hydrogen (secondary N) is 1. The summed E-state index contributed by atoms with van der Waals surface area (Å²) >= 11 is 0. The van der Waals surface area contributed by atoms with Crippen LogP contribution in [0.15, 0.2) is 6.20 Å². The number of nitrogens with zero attached hydrogens (tertiary/aromatic N) is 2. The lowest BCUT2D eigenvalue weighted by Crippen LogP contribution is -2.32. The van der Waals surface area contributed by atoms with E-state index in [0.29, 0.717) is 18.1 Å². The van der Waals surface area contributed by atoms with Crippen LogP contribution in [0.4, 0.5) is 5.69 Å². The Morgan fingerprint density at radius 3 is 2.81 bits per heavy atom. The monoisotopic (exact) mass is 292 g/mol. The molecular formula is C15H24N4O2. The van der Waals surface area contributed by atoms with Crippen molar-refractivity contribution in [1.29, 1.82) is 0 Å². The zero-order valence-electron chi connectivity index (χ0n) is 13.0. The molecule has 6 nitrogen and oxygen atoms in total.